The van der Waals surface area contributed by atoms with E-state index in [1.165, 1.54) is 0 Å². The van der Waals surface area contributed by atoms with Gasteiger partial charge in [-0.05, 0) is 31.4 Å². The van der Waals surface area contributed by atoms with Crippen molar-refractivity contribution < 1.29 is 4.42 Å². The van der Waals surface area contributed by atoms with Gasteiger partial charge in [0, 0.05) is 18.4 Å². The van der Waals surface area contributed by atoms with E-state index in [1.54, 1.807) is 17.5 Å². The van der Waals surface area contributed by atoms with Crippen molar-refractivity contribution in [2.45, 2.75) is 32.5 Å². The van der Waals surface area contributed by atoms with Gasteiger partial charge >= 0.3 is 0 Å². The Kier molecular flexibility index (Phi) is 4.12. The van der Waals surface area contributed by atoms with Gasteiger partial charge in [-0.1, -0.05) is 6.07 Å². The third-order valence-corrected chi connectivity index (χ3v) is 3.96. The van der Waals surface area contributed by atoms with E-state index in [1.807, 2.05) is 41.4 Å². The van der Waals surface area contributed by atoms with E-state index in [2.05, 4.69) is 27.5 Å². The number of nitrogens with one attached hydrogen (secondary N) is 1. The lowest BCUT2D eigenvalue weighted by Gasteiger charge is -2.17. The molecule has 0 unspecified atom stereocenters. The number of rotatable bonds is 6. The monoisotopic (exact) mass is 303 g/mol. The molecule has 6 nitrogen and oxygen atoms in total. The molecule has 0 aromatic carbocycles. The molecule has 21 heavy (non-hydrogen) atoms. The van der Waals surface area contributed by atoms with Crippen molar-refractivity contribution in [3.05, 3.63) is 41.9 Å². The summed E-state index contributed by atoms with van der Waals surface area (Å²) < 4.78 is 7.63. The minimum atomic E-state index is -0.00299. The van der Waals surface area contributed by atoms with Gasteiger partial charge in [0.05, 0.1) is 17.5 Å². The Hall–Kier alpha value is -1.99. The molecule has 3 aromatic heterocycles. The minimum absolute atomic E-state index is 0.00299. The van der Waals surface area contributed by atoms with Gasteiger partial charge in [-0.3, -0.25) is 4.68 Å². The number of hydrogen-bond acceptors (Lipinski definition) is 6. The summed E-state index contributed by atoms with van der Waals surface area (Å²) in [5, 5.41) is 17.9. The van der Waals surface area contributed by atoms with Crippen LogP contribution >= 0.6 is 11.3 Å². The van der Waals surface area contributed by atoms with Gasteiger partial charge in [-0.2, -0.15) is 5.10 Å². The fraction of sp³-hybridized carbons (Fsp3) is 0.357. The summed E-state index contributed by atoms with van der Waals surface area (Å²) in [7, 11) is 0. The van der Waals surface area contributed by atoms with E-state index in [0.29, 0.717) is 11.8 Å². The molecule has 0 amide bonds. The van der Waals surface area contributed by atoms with E-state index < -0.39 is 0 Å². The molecule has 0 saturated carbocycles. The molecule has 0 aliphatic carbocycles. The van der Waals surface area contributed by atoms with Crippen LogP contribution in [0.25, 0.3) is 10.8 Å². The lowest BCUT2D eigenvalue weighted by Crippen LogP contribution is -2.33. The quantitative estimate of drug-likeness (QED) is 0.758. The van der Waals surface area contributed by atoms with Gasteiger partial charge in [0.1, 0.15) is 0 Å². The summed E-state index contributed by atoms with van der Waals surface area (Å²) >= 11 is 1.59. The highest BCUT2D eigenvalue weighted by molar-refractivity contribution is 7.13. The molecule has 0 aliphatic heterocycles. The zero-order chi connectivity index (χ0) is 14.7. The van der Waals surface area contributed by atoms with Gasteiger partial charge in [0.25, 0.3) is 5.89 Å². The Morgan fingerprint density at radius 2 is 2.24 bits per heavy atom. The van der Waals surface area contributed by atoms with Gasteiger partial charge in [-0.15, -0.1) is 21.5 Å². The SMILES string of the molecule is C[C@H](N[C@@H](C)Cn1cccn1)c1nnc(-c2cccs2)o1. The maximum Gasteiger partial charge on any atom is 0.257 e. The average molecular weight is 303 g/mol. The summed E-state index contributed by atoms with van der Waals surface area (Å²) in [6.07, 6.45) is 3.73. The molecule has 0 spiro atoms. The van der Waals surface area contributed by atoms with E-state index in [-0.39, 0.29) is 12.1 Å². The maximum atomic E-state index is 5.73. The van der Waals surface area contributed by atoms with Crippen molar-refractivity contribution in [2.24, 2.45) is 0 Å². The maximum absolute atomic E-state index is 5.73. The highest BCUT2D eigenvalue weighted by Crippen LogP contribution is 2.24. The predicted molar refractivity (Wildman–Crippen MR) is 80.9 cm³/mol. The molecular formula is C14H17N5OS. The molecular weight excluding hydrogens is 286 g/mol. The second-order valence-electron chi connectivity index (χ2n) is 4.94. The largest absolute Gasteiger partial charge is 0.418 e. The second-order valence-corrected chi connectivity index (χ2v) is 5.89. The molecule has 3 heterocycles. The molecule has 0 fully saturated rings. The zero-order valence-corrected chi connectivity index (χ0v) is 12.7. The smallest absolute Gasteiger partial charge is 0.257 e. The van der Waals surface area contributed by atoms with Crippen LogP contribution in [0.2, 0.25) is 0 Å². The van der Waals surface area contributed by atoms with Crippen LogP contribution in [0.3, 0.4) is 0 Å². The first-order chi connectivity index (χ1) is 10.2. The van der Waals surface area contributed by atoms with E-state index in [9.17, 15) is 0 Å². The fourth-order valence-corrected chi connectivity index (χ4v) is 2.79. The van der Waals surface area contributed by atoms with Crippen LogP contribution in [0.5, 0.6) is 0 Å². The van der Waals surface area contributed by atoms with Gasteiger partial charge < -0.3 is 9.73 Å². The van der Waals surface area contributed by atoms with Crippen molar-refractivity contribution in [3.63, 3.8) is 0 Å². The van der Waals surface area contributed by atoms with E-state index >= 15 is 0 Å². The zero-order valence-electron chi connectivity index (χ0n) is 11.9. The van der Waals surface area contributed by atoms with E-state index in [4.69, 9.17) is 4.42 Å². The molecule has 7 heteroatoms. The number of hydrogen-bond donors (Lipinski definition) is 1. The minimum Gasteiger partial charge on any atom is -0.418 e. The average Bonchev–Trinajstić information content (AvgIpc) is 3.20. The summed E-state index contributed by atoms with van der Waals surface area (Å²) in [6, 6.07) is 6.10. The van der Waals surface area contributed by atoms with E-state index in [0.717, 1.165) is 11.4 Å². The predicted octanol–water partition coefficient (Wildman–Crippen LogP) is 2.73. The molecule has 3 aromatic rings. The van der Waals surface area contributed by atoms with Crippen molar-refractivity contribution in [1.82, 2.24) is 25.3 Å². The summed E-state index contributed by atoms with van der Waals surface area (Å²) in [5.74, 6) is 1.18. The van der Waals surface area contributed by atoms with Crippen molar-refractivity contribution in [1.29, 1.82) is 0 Å². The van der Waals surface area contributed by atoms with Crippen molar-refractivity contribution in [3.8, 4) is 10.8 Å². The molecule has 0 saturated heterocycles. The topological polar surface area (TPSA) is 68.8 Å². The van der Waals surface area contributed by atoms with Crippen LogP contribution in [0.15, 0.2) is 40.4 Å². The third-order valence-electron chi connectivity index (χ3n) is 3.10. The fourth-order valence-electron chi connectivity index (χ4n) is 2.15. The van der Waals surface area contributed by atoms with Crippen LogP contribution < -0.4 is 5.32 Å². The van der Waals surface area contributed by atoms with Gasteiger partial charge in [0.15, 0.2) is 0 Å². The molecule has 3 rings (SSSR count). The Labute approximate surface area is 126 Å². The Morgan fingerprint density at radius 1 is 1.33 bits per heavy atom. The Morgan fingerprint density at radius 3 is 2.95 bits per heavy atom. The normalized spacial score (nSPS) is 14.2. The van der Waals surface area contributed by atoms with Crippen LogP contribution in [0.4, 0.5) is 0 Å². The Bertz CT molecular complexity index is 661. The highest BCUT2D eigenvalue weighted by atomic mass is 32.1. The molecule has 110 valence electrons. The first-order valence-electron chi connectivity index (χ1n) is 6.83. The molecule has 1 N–H and O–H groups in total. The summed E-state index contributed by atoms with van der Waals surface area (Å²) in [4.78, 5) is 0.991. The lowest BCUT2D eigenvalue weighted by molar-refractivity contribution is 0.362. The molecule has 0 bridgehead atoms. The van der Waals surface area contributed by atoms with Crippen molar-refractivity contribution >= 4 is 11.3 Å². The highest BCUT2D eigenvalue weighted by Gasteiger charge is 2.17. The van der Waals surface area contributed by atoms with Crippen LogP contribution in [-0.4, -0.2) is 26.0 Å². The molecule has 2 atom stereocenters. The van der Waals surface area contributed by atoms with Gasteiger partial charge in [0.2, 0.25) is 5.89 Å². The molecule has 0 radical (unpaired) electrons. The van der Waals surface area contributed by atoms with Crippen LogP contribution in [0.1, 0.15) is 25.8 Å². The van der Waals surface area contributed by atoms with Crippen molar-refractivity contribution in [2.75, 3.05) is 0 Å². The summed E-state index contributed by atoms with van der Waals surface area (Å²) in [6.45, 7) is 4.92. The third kappa shape index (κ3) is 3.37. The number of nitrogens with zero attached hydrogens (tertiary/aromatic N) is 4. The molecule has 0 aliphatic rings. The Balaban J connectivity index is 1.61. The number of thiophene rings is 1. The van der Waals surface area contributed by atoms with Crippen LogP contribution in [0, 0.1) is 0 Å². The summed E-state index contributed by atoms with van der Waals surface area (Å²) in [5.41, 5.74) is 0. The number of aromatic nitrogens is 4. The second kappa shape index (κ2) is 6.19. The first-order valence-corrected chi connectivity index (χ1v) is 7.71. The van der Waals surface area contributed by atoms with Crippen LogP contribution in [-0.2, 0) is 6.54 Å². The standard InChI is InChI=1S/C14H17N5OS/c1-10(9-19-7-4-6-15-19)16-11(2)13-17-18-14(20-13)12-5-3-8-21-12/h3-8,10-11,16H,9H2,1-2H3/t10-,11-/m0/s1. The lowest BCUT2D eigenvalue weighted by atomic mass is 10.2. The first kappa shape index (κ1) is 14.0. The van der Waals surface area contributed by atoms with Gasteiger partial charge in [-0.25, -0.2) is 0 Å².